The number of carbonyl (C=O) groups is 1. The molecule has 0 spiro atoms. The number of ether oxygens (including phenoxy) is 2. The van der Waals surface area contributed by atoms with E-state index in [1.54, 1.807) is 13.3 Å². The lowest BCUT2D eigenvalue weighted by atomic mass is 10.1. The van der Waals surface area contributed by atoms with E-state index in [4.69, 9.17) is 25.7 Å². The molecule has 0 radical (unpaired) electrons. The van der Waals surface area contributed by atoms with Crippen molar-refractivity contribution in [2.75, 3.05) is 13.6 Å². The molecule has 43 heavy (non-hydrogen) atoms. The number of aromatic nitrogens is 2. The molecule has 2 aromatic carbocycles. The molecule has 2 atom stereocenters. The average molecular weight is 609 g/mol. The van der Waals surface area contributed by atoms with Crippen LogP contribution in [-0.2, 0) is 11.2 Å². The van der Waals surface area contributed by atoms with E-state index < -0.39 is 52.3 Å². The number of nitrogens with two attached hydrogens (primary N) is 1. The first-order valence-corrected chi connectivity index (χ1v) is 13.5. The zero-order chi connectivity index (χ0) is 30.8. The Bertz CT molecular complexity index is 1760. The zero-order valence-electron chi connectivity index (χ0n) is 22.2. The molecular weight excluding hydrogens is 586 g/mol. The van der Waals surface area contributed by atoms with Gasteiger partial charge in [0.1, 0.15) is 17.8 Å². The van der Waals surface area contributed by atoms with Crippen molar-refractivity contribution in [1.82, 2.24) is 14.9 Å². The highest BCUT2D eigenvalue weighted by atomic mass is 32.2. The summed E-state index contributed by atoms with van der Waals surface area (Å²) >= 11 is -1.84. The smallest absolute Gasteiger partial charge is 0.337 e. The Balaban J connectivity index is 1.50. The van der Waals surface area contributed by atoms with Gasteiger partial charge in [-0.1, -0.05) is 0 Å². The summed E-state index contributed by atoms with van der Waals surface area (Å²) in [6, 6.07) is 10.6. The van der Waals surface area contributed by atoms with Crippen molar-refractivity contribution in [2.24, 2.45) is 10.7 Å². The third-order valence-corrected chi connectivity index (χ3v) is 7.57. The summed E-state index contributed by atoms with van der Waals surface area (Å²) < 4.78 is 54.8. The lowest BCUT2D eigenvalue weighted by Crippen LogP contribution is -2.20. The summed E-state index contributed by atoms with van der Waals surface area (Å²) in [6.45, 7) is 0.467. The summed E-state index contributed by atoms with van der Waals surface area (Å²) in [5.74, 6) is -6.27. The van der Waals surface area contributed by atoms with Crippen LogP contribution in [0.25, 0.3) is 0 Å². The summed E-state index contributed by atoms with van der Waals surface area (Å²) in [5, 5.41) is 26.9. The van der Waals surface area contributed by atoms with Gasteiger partial charge >= 0.3 is 5.97 Å². The highest BCUT2D eigenvalue weighted by Gasteiger charge is 2.29. The van der Waals surface area contributed by atoms with Gasteiger partial charge in [0.05, 0.1) is 11.8 Å². The Hall–Kier alpha value is -5.12. The van der Waals surface area contributed by atoms with Gasteiger partial charge in [0, 0.05) is 53.4 Å². The van der Waals surface area contributed by atoms with Crippen LogP contribution in [0.2, 0.25) is 0 Å². The molecule has 0 saturated heterocycles. The molecule has 0 bridgehead atoms. The van der Waals surface area contributed by atoms with Crippen LogP contribution in [0.3, 0.4) is 0 Å². The van der Waals surface area contributed by atoms with Gasteiger partial charge < -0.3 is 30.0 Å². The number of phenolic OH excluding ortho intramolecular Hbond substituents is 1. The Morgan fingerprint density at radius 2 is 1.86 bits per heavy atom. The number of aromatic hydroxyl groups is 1. The summed E-state index contributed by atoms with van der Waals surface area (Å²) in [4.78, 5) is 25.2. The largest absolute Gasteiger partial charge is 0.605 e. The van der Waals surface area contributed by atoms with Gasteiger partial charge in [0.15, 0.2) is 22.2 Å². The van der Waals surface area contributed by atoms with E-state index in [0.29, 0.717) is 18.3 Å². The molecule has 2 aromatic heterocycles. The molecule has 0 fully saturated rings. The van der Waals surface area contributed by atoms with E-state index in [-0.39, 0.29) is 38.4 Å². The molecular formula is C28H22F2N6O6S. The van der Waals surface area contributed by atoms with Crippen molar-refractivity contribution in [2.45, 2.75) is 16.1 Å². The lowest BCUT2D eigenvalue weighted by Gasteiger charge is -2.22. The molecule has 2 unspecified atom stereocenters. The number of nitrogens with one attached hydrogen (secondary N) is 1. The first kappa shape index (κ1) is 29.4. The van der Waals surface area contributed by atoms with E-state index in [2.05, 4.69) is 15.0 Å². The van der Waals surface area contributed by atoms with Gasteiger partial charge in [0.25, 0.3) is 5.88 Å². The number of halogens is 2. The highest BCUT2D eigenvalue weighted by molar-refractivity contribution is 7.91. The molecule has 5 rings (SSSR count). The van der Waals surface area contributed by atoms with Crippen LogP contribution in [0.1, 0.15) is 27.7 Å². The lowest BCUT2D eigenvalue weighted by molar-refractivity contribution is 0.0696. The minimum atomic E-state index is -1.84. The molecule has 0 aliphatic carbocycles. The summed E-state index contributed by atoms with van der Waals surface area (Å²) in [5.41, 5.74) is 5.91. The second kappa shape index (κ2) is 12.0. The standard InChI is InChI=1S/C28H22F2N6O6S/c1-36-9-8-33-26(36)17-11-16(43(40)22-7-3-15(12-34-22)28(38)39)4-6-20(17)41-24-18(29)13-35-27(23(24)30)42-21-10-14(25(31)32)2-5-19(21)37/h2-8,10-13,26,37H,9H2,1H3,(H3,31,32)(H,38,39). The Morgan fingerprint density at radius 3 is 2.51 bits per heavy atom. The topological polar surface area (TPSA) is 190 Å². The fourth-order valence-corrected chi connectivity index (χ4v) is 5.06. The minimum Gasteiger partial charge on any atom is -0.605 e. The number of carboxylic acid groups (broad SMARTS) is 1. The number of nitrogen functional groups attached to an aromatic ring is 1. The normalized spacial score (nSPS) is 15.3. The number of phenols is 1. The third kappa shape index (κ3) is 6.08. The molecule has 1 aliphatic rings. The van der Waals surface area contributed by atoms with Crippen LogP contribution in [-0.4, -0.2) is 61.2 Å². The van der Waals surface area contributed by atoms with Crippen LogP contribution in [0, 0.1) is 17.0 Å². The average Bonchev–Trinajstić information content (AvgIpc) is 3.42. The predicted octanol–water partition coefficient (Wildman–Crippen LogP) is 4.21. The van der Waals surface area contributed by atoms with Crippen LogP contribution in [0.5, 0.6) is 28.9 Å². The quantitative estimate of drug-likeness (QED) is 0.122. The molecule has 1 aliphatic heterocycles. The van der Waals surface area contributed by atoms with Crippen LogP contribution in [0.4, 0.5) is 8.78 Å². The molecule has 4 aromatic rings. The van der Waals surface area contributed by atoms with Crippen molar-refractivity contribution in [3.63, 3.8) is 0 Å². The molecule has 5 N–H and O–H groups in total. The number of benzene rings is 2. The van der Waals surface area contributed by atoms with E-state index in [9.17, 15) is 18.8 Å². The number of hydrogen-bond acceptors (Lipinski definition) is 10. The van der Waals surface area contributed by atoms with Gasteiger partial charge in [-0.15, -0.1) is 0 Å². The Morgan fingerprint density at radius 1 is 1.09 bits per heavy atom. The number of aliphatic imine (C=N–C) groups is 1. The second-order valence-electron chi connectivity index (χ2n) is 9.16. The van der Waals surface area contributed by atoms with Crippen molar-refractivity contribution >= 4 is 29.2 Å². The summed E-state index contributed by atoms with van der Waals surface area (Å²) in [7, 11) is 1.76. The molecule has 0 saturated carbocycles. The Labute approximate surface area is 245 Å². The first-order chi connectivity index (χ1) is 20.5. The highest BCUT2D eigenvalue weighted by Crippen LogP contribution is 2.40. The number of hydrogen-bond donors (Lipinski definition) is 4. The molecule has 3 heterocycles. The van der Waals surface area contributed by atoms with E-state index in [1.165, 1.54) is 48.5 Å². The van der Waals surface area contributed by atoms with Crippen molar-refractivity contribution < 1.29 is 37.8 Å². The van der Waals surface area contributed by atoms with Crippen LogP contribution in [0.15, 0.2) is 75.8 Å². The van der Waals surface area contributed by atoms with Gasteiger partial charge in [-0.3, -0.25) is 15.3 Å². The van der Waals surface area contributed by atoms with Gasteiger partial charge in [-0.05, 0) is 43.4 Å². The fourth-order valence-electron chi connectivity index (χ4n) is 4.06. The zero-order valence-corrected chi connectivity index (χ0v) is 23.0. The van der Waals surface area contributed by atoms with Crippen molar-refractivity contribution in [1.29, 1.82) is 5.41 Å². The van der Waals surface area contributed by atoms with Crippen LogP contribution >= 0.6 is 0 Å². The fraction of sp³-hybridized carbons (Fsp3) is 0.107. The number of amidine groups is 1. The Kier molecular flexibility index (Phi) is 8.20. The molecule has 220 valence electrons. The first-order valence-electron chi connectivity index (χ1n) is 12.4. The molecule has 12 nitrogen and oxygen atoms in total. The number of nitrogens with zero attached hydrogens (tertiary/aromatic N) is 4. The molecule has 15 heteroatoms. The number of carboxylic acids is 1. The van der Waals surface area contributed by atoms with E-state index >= 15 is 4.39 Å². The maximum absolute atomic E-state index is 15.6. The minimum absolute atomic E-state index is 0.0118. The predicted molar refractivity (Wildman–Crippen MR) is 150 cm³/mol. The monoisotopic (exact) mass is 608 g/mol. The molecule has 0 amide bonds. The van der Waals surface area contributed by atoms with Crippen molar-refractivity contribution in [3.05, 3.63) is 89.2 Å². The third-order valence-electron chi connectivity index (χ3n) is 6.27. The van der Waals surface area contributed by atoms with Crippen molar-refractivity contribution in [3.8, 4) is 28.9 Å². The second-order valence-corrected chi connectivity index (χ2v) is 10.6. The number of rotatable bonds is 9. The van der Waals surface area contributed by atoms with E-state index in [0.717, 1.165) is 6.20 Å². The SMILES string of the molecule is CN1CC=NC1c1cc([S+]([O-])c2ccc(C(=O)O)cn2)ccc1Oc1c(F)cnc(Oc2cc(C(=N)N)ccc2O)c1F. The number of pyridine rings is 2. The maximum Gasteiger partial charge on any atom is 0.337 e. The maximum atomic E-state index is 15.6. The van der Waals surface area contributed by atoms with Crippen LogP contribution < -0.4 is 15.2 Å². The van der Waals surface area contributed by atoms with Gasteiger partial charge in [-0.2, -0.15) is 4.39 Å². The van der Waals surface area contributed by atoms with Gasteiger partial charge in [-0.25, -0.2) is 19.2 Å². The van der Waals surface area contributed by atoms with E-state index in [1.807, 2.05) is 4.90 Å². The summed E-state index contributed by atoms with van der Waals surface area (Å²) in [6.07, 6.45) is 2.76. The van der Waals surface area contributed by atoms with Gasteiger partial charge in [0.2, 0.25) is 16.6 Å². The number of aromatic carboxylic acids is 1.